The van der Waals surface area contributed by atoms with Crippen molar-refractivity contribution in [3.8, 4) is 0 Å². The van der Waals surface area contributed by atoms with Gasteiger partial charge in [-0.05, 0) is 27.2 Å². The summed E-state index contributed by atoms with van der Waals surface area (Å²) in [6.07, 6.45) is 0.557. The topological polar surface area (TPSA) is 78.4 Å². The van der Waals surface area contributed by atoms with E-state index in [4.69, 9.17) is 5.11 Å². The van der Waals surface area contributed by atoms with Gasteiger partial charge < -0.3 is 5.11 Å². The molecular formula is C8H20N2O3S. The predicted molar refractivity (Wildman–Crippen MR) is 56.1 cm³/mol. The summed E-state index contributed by atoms with van der Waals surface area (Å²) in [5.74, 6) is 0. The number of nitrogens with one attached hydrogen (secondary N) is 2. The Morgan fingerprint density at radius 3 is 2.14 bits per heavy atom. The highest BCUT2D eigenvalue weighted by Gasteiger charge is 2.21. The normalized spacial score (nSPS) is 15.5. The first-order valence-corrected chi connectivity index (χ1v) is 6.10. The first kappa shape index (κ1) is 13.8. The summed E-state index contributed by atoms with van der Waals surface area (Å²) in [5, 5.41) is 8.83. The van der Waals surface area contributed by atoms with Crippen LogP contribution in [-0.2, 0) is 10.2 Å². The summed E-state index contributed by atoms with van der Waals surface area (Å²) in [4.78, 5) is 0. The number of hydrogen-bond acceptors (Lipinski definition) is 3. The molecule has 0 aliphatic heterocycles. The molecule has 14 heavy (non-hydrogen) atoms. The van der Waals surface area contributed by atoms with Crippen molar-refractivity contribution >= 4 is 10.2 Å². The van der Waals surface area contributed by atoms with Gasteiger partial charge in [-0.1, -0.05) is 6.92 Å². The average Bonchev–Trinajstić information content (AvgIpc) is 1.95. The van der Waals surface area contributed by atoms with Crippen LogP contribution in [0.1, 0.15) is 34.1 Å². The van der Waals surface area contributed by atoms with Gasteiger partial charge in [0.15, 0.2) is 0 Å². The zero-order valence-corrected chi connectivity index (χ0v) is 9.98. The van der Waals surface area contributed by atoms with E-state index in [0.29, 0.717) is 6.42 Å². The van der Waals surface area contributed by atoms with Gasteiger partial charge in [-0.15, -0.1) is 0 Å². The zero-order valence-electron chi connectivity index (χ0n) is 9.16. The van der Waals surface area contributed by atoms with Gasteiger partial charge in [0.2, 0.25) is 0 Å². The molecule has 0 aromatic rings. The van der Waals surface area contributed by atoms with E-state index in [2.05, 4.69) is 9.44 Å². The standard InChI is InChI=1S/C8H20N2O3S/c1-5-7(6-11)9-14(12,13)10-8(2,3)4/h7,9-11H,5-6H2,1-4H3/t7-/m1/s1. The van der Waals surface area contributed by atoms with Crippen LogP contribution in [0.5, 0.6) is 0 Å². The van der Waals surface area contributed by atoms with E-state index < -0.39 is 21.8 Å². The maximum absolute atomic E-state index is 11.4. The molecule has 0 heterocycles. The minimum Gasteiger partial charge on any atom is -0.395 e. The molecule has 0 radical (unpaired) electrons. The Kier molecular flexibility index (Phi) is 5.00. The maximum atomic E-state index is 11.4. The molecule has 3 N–H and O–H groups in total. The molecule has 86 valence electrons. The molecule has 0 rings (SSSR count). The Morgan fingerprint density at radius 1 is 1.36 bits per heavy atom. The van der Waals surface area contributed by atoms with Crippen LogP contribution in [0.3, 0.4) is 0 Å². The average molecular weight is 224 g/mol. The molecule has 0 amide bonds. The van der Waals surface area contributed by atoms with Gasteiger partial charge in [0.1, 0.15) is 0 Å². The lowest BCUT2D eigenvalue weighted by atomic mass is 10.1. The maximum Gasteiger partial charge on any atom is 0.277 e. The highest BCUT2D eigenvalue weighted by Crippen LogP contribution is 2.01. The summed E-state index contributed by atoms with van der Waals surface area (Å²) in [7, 11) is -3.52. The van der Waals surface area contributed by atoms with E-state index in [9.17, 15) is 8.42 Å². The molecule has 0 unspecified atom stereocenters. The minimum atomic E-state index is -3.52. The number of rotatable bonds is 5. The van der Waals surface area contributed by atoms with Crippen molar-refractivity contribution < 1.29 is 13.5 Å². The van der Waals surface area contributed by atoms with Gasteiger partial charge in [-0.25, -0.2) is 0 Å². The second-order valence-corrected chi connectivity index (χ2v) is 5.71. The highest BCUT2D eigenvalue weighted by molar-refractivity contribution is 7.87. The fraction of sp³-hybridized carbons (Fsp3) is 1.00. The molecule has 5 nitrogen and oxygen atoms in total. The SMILES string of the molecule is CC[C@H](CO)NS(=O)(=O)NC(C)(C)C. The molecule has 0 saturated carbocycles. The minimum absolute atomic E-state index is 0.193. The summed E-state index contributed by atoms with van der Waals surface area (Å²) in [6.45, 7) is 6.88. The van der Waals surface area contributed by atoms with Crippen LogP contribution in [0.4, 0.5) is 0 Å². The molecule has 0 saturated heterocycles. The van der Waals surface area contributed by atoms with Gasteiger partial charge >= 0.3 is 0 Å². The quantitative estimate of drug-likeness (QED) is 0.614. The largest absolute Gasteiger partial charge is 0.395 e. The van der Waals surface area contributed by atoms with E-state index in [-0.39, 0.29) is 6.61 Å². The lowest BCUT2D eigenvalue weighted by Crippen LogP contribution is -2.50. The van der Waals surface area contributed by atoms with E-state index in [0.717, 1.165) is 0 Å². The molecule has 0 aromatic heterocycles. The van der Waals surface area contributed by atoms with Crippen molar-refractivity contribution in [1.82, 2.24) is 9.44 Å². The summed E-state index contributed by atoms with van der Waals surface area (Å²) >= 11 is 0. The third-order valence-electron chi connectivity index (χ3n) is 1.48. The van der Waals surface area contributed by atoms with Crippen LogP contribution in [-0.4, -0.2) is 31.7 Å². The molecule has 1 atom stereocenters. The summed E-state index contributed by atoms with van der Waals surface area (Å²) in [6, 6.07) is -0.421. The van der Waals surface area contributed by atoms with Crippen molar-refractivity contribution in [2.45, 2.75) is 45.7 Å². The van der Waals surface area contributed by atoms with Crippen molar-refractivity contribution in [3.05, 3.63) is 0 Å². The molecule has 0 aromatic carbocycles. The number of aliphatic hydroxyl groups is 1. The zero-order chi connectivity index (χ0) is 11.4. The molecular weight excluding hydrogens is 204 g/mol. The first-order valence-electron chi connectivity index (χ1n) is 4.62. The molecule has 0 spiro atoms. The predicted octanol–water partition coefficient (Wildman–Crippen LogP) is -0.0202. The first-order chi connectivity index (χ1) is 6.20. The Labute approximate surface area is 86.1 Å². The second kappa shape index (κ2) is 5.06. The van der Waals surface area contributed by atoms with Gasteiger partial charge in [0.05, 0.1) is 6.61 Å². The fourth-order valence-electron chi connectivity index (χ4n) is 0.902. The third-order valence-corrected chi connectivity index (χ3v) is 3.00. The van der Waals surface area contributed by atoms with Crippen LogP contribution in [0.2, 0.25) is 0 Å². The summed E-state index contributed by atoms with van der Waals surface area (Å²) < 4.78 is 27.7. The van der Waals surface area contributed by atoms with Crippen LogP contribution >= 0.6 is 0 Å². The molecule has 0 aliphatic rings. The Hall–Kier alpha value is -0.170. The summed E-state index contributed by atoms with van der Waals surface area (Å²) in [5.41, 5.74) is -0.514. The lowest BCUT2D eigenvalue weighted by molar-refractivity contribution is 0.253. The Morgan fingerprint density at radius 2 is 1.86 bits per heavy atom. The van der Waals surface area contributed by atoms with E-state index in [1.807, 2.05) is 0 Å². The molecule has 6 heteroatoms. The third kappa shape index (κ3) is 6.31. The fourth-order valence-corrected chi connectivity index (χ4v) is 2.45. The Balaban J connectivity index is 4.35. The van der Waals surface area contributed by atoms with Crippen LogP contribution in [0, 0.1) is 0 Å². The number of aliphatic hydroxyl groups excluding tert-OH is 1. The van der Waals surface area contributed by atoms with Gasteiger partial charge in [0.25, 0.3) is 10.2 Å². The monoisotopic (exact) mass is 224 g/mol. The van der Waals surface area contributed by atoms with Crippen molar-refractivity contribution in [1.29, 1.82) is 0 Å². The van der Waals surface area contributed by atoms with Crippen molar-refractivity contribution in [2.75, 3.05) is 6.61 Å². The van der Waals surface area contributed by atoms with Gasteiger partial charge in [-0.2, -0.15) is 17.9 Å². The second-order valence-electron chi connectivity index (χ2n) is 4.26. The van der Waals surface area contributed by atoms with Crippen molar-refractivity contribution in [3.63, 3.8) is 0 Å². The molecule has 0 aliphatic carbocycles. The molecule has 0 bridgehead atoms. The van der Waals surface area contributed by atoms with Crippen molar-refractivity contribution in [2.24, 2.45) is 0 Å². The lowest BCUT2D eigenvalue weighted by Gasteiger charge is -2.22. The Bertz CT molecular complexity index is 252. The van der Waals surface area contributed by atoms with Crippen LogP contribution in [0.25, 0.3) is 0 Å². The smallest absolute Gasteiger partial charge is 0.277 e. The van der Waals surface area contributed by atoms with Gasteiger partial charge in [-0.3, -0.25) is 0 Å². The number of hydrogen-bond donors (Lipinski definition) is 3. The van der Waals surface area contributed by atoms with Gasteiger partial charge in [0, 0.05) is 11.6 Å². The van der Waals surface area contributed by atoms with Crippen LogP contribution in [0.15, 0.2) is 0 Å². The van der Waals surface area contributed by atoms with E-state index in [1.165, 1.54) is 0 Å². The van der Waals surface area contributed by atoms with E-state index >= 15 is 0 Å². The molecule has 0 fully saturated rings. The highest BCUT2D eigenvalue weighted by atomic mass is 32.2. The van der Waals surface area contributed by atoms with Crippen LogP contribution < -0.4 is 9.44 Å². The van der Waals surface area contributed by atoms with E-state index in [1.54, 1.807) is 27.7 Å².